The van der Waals surface area contributed by atoms with E-state index in [1.54, 1.807) is 0 Å². The Labute approximate surface area is 84.7 Å². The van der Waals surface area contributed by atoms with Crippen LogP contribution in [0.1, 0.15) is 26.2 Å². The maximum absolute atomic E-state index is 10.9. The molecule has 1 saturated heterocycles. The Morgan fingerprint density at radius 2 is 2.43 bits per heavy atom. The fraction of sp³-hybridized carbons (Fsp3) is 0.900. The third kappa shape index (κ3) is 2.96. The fourth-order valence-corrected chi connectivity index (χ4v) is 1.91. The lowest BCUT2D eigenvalue weighted by atomic mass is 9.91. The summed E-state index contributed by atoms with van der Waals surface area (Å²) >= 11 is 0. The summed E-state index contributed by atoms with van der Waals surface area (Å²) in [5.41, 5.74) is 5.98. The smallest absolute Gasteiger partial charge is 0.305 e. The van der Waals surface area contributed by atoms with E-state index in [1.165, 1.54) is 7.11 Å². The molecule has 4 heteroatoms. The largest absolute Gasteiger partial charge is 0.469 e. The highest BCUT2D eigenvalue weighted by molar-refractivity contribution is 5.69. The van der Waals surface area contributed by atoms with Gasteiger partial charge in [0, 0.05) is 25.0 Å². The van der Waals surface area contributed by atoms with Crippen LogP contribution in [0.15, 0.2) is 0 Å². The van der Waals surface area contributed by atoms with Crippen LogP contribution in [0.25, 0.3) is 0 Å². The third-order valence-corrected chi connectivity index (χ3v) is 2.89. The van der Waals surface area contributed by atoms with Gasteiger partial charge in [-0.15, -0.1) is 0 Å². The van der Waals surface area contributed by atoms with E-state index in [9.17, 15) is 4.79 Å². The number of ether oxygens (including phenoxy) is 2. The Hall–Kier alpha value is -0.610. The third-order valence-electron chi connectivity index (χ3n) is 2.89. The zero-order valence-electron chi connectivity index (χ0n) is 8.86. The molecule has 0 bridgehead atoms. The average molecular weight is 201 g/mol. The molecule has 2 N–H and O–H groups in total. The van der Waals surface area contributed by atoms with Crippen LogP contribution in [-0.4, -0.2) is 31.8 Å². The van der Waals surface area contributed by atoms with Crippen LogP contribution < -0.4 is 5.73 Å². The number of hydrogen-bond acceptors (Lipinski definition) is 4. The van der Waals surface area contributed by atoms with Gasteiger partial charge in [0.2, 0.25) is 0 Å². The molecule has 0 spiro atoms. The van der Waals surface area contributed by atoms with Crippen molar-refractivity contribution in [2.75, 3.05) is 13.7 Å². The van der Waals surface area contributed by atoms with E-state index in [2.05, 4.69) is 4.74 Å². The van der Waals surface area contributed by atoms with Gasteiger partial charge in [-0.05, 0) is 19.8 Å². The monoisotopic (exact) mass is 201 g/mol. The highest BCUT2D eigenvalue weighted by Gasteiger charge is 2.29. The average Bonchev–Trinajstić information content (AvgIpc) is 2.60. The summed E-state index contributed by atoms with van der Waals surface area (Å²) < 4.78 is 9.99. The van der Waals surface area contributed by atoms with E-state index in [-0.39, 0.29) is 18.1 Å². The molecule has 1 aliphatic rings. The summed E-state index contributed by atoms with van der Waals surface area (Å²) in [6.07, 6.45) is 2.32. The topological polar surface area (TPSA) is 61.5 Å². The van der Waals surface area contributed by atoms with Gasteiger partial charge in [-0.1, -0.05) is 0 Å². The van der Waals surface area contributed by atoms with Crippen LogP contribution in [-0.2, 0) is 14.3 Å². The van der Waals surface area contributed by atoms with Crippen molar-refractivity contribution in [1.82, 2.24) is 0 Å². The van der Waals surface area contributed by atoms with Gasteiger partial charge in [0.1, 0.15) is 0 Å². The minimum absolute atomic E-state index is 0.0478. The van der Waals surface area contributed by atoms with Gasteiger partial charge in [0.15, 0.2) is 0 Å². The summed E-state index contributed by atoms with van der Waals surface area (Å²) in [5.74, 6) is 0.201. The van der Waals surface area contributed by atoms with Crippen molar-refractivity contribution >= 4 is 5.97 Å². The minimum atomic E-state index is -0.188. The van der Waals surface area contributed by atoms with Gasteiger partial charge in [-0.2, -0.15) is 0 Å². The van der Waals surface area contributed by atoms with Crippen molar-refractivity contribution in [3.05, 3.63) is 0 Å². The van der Waals surface area contributed by atoms with E-state index in [0.29, 0.717) is 18.8 Å². The fourth-order valence-electron chi connectivity index (χ4n) is 1.91. The molecule has 1 aliphatic heterocycles. The van der Waals surface area contributed by atoms with Gasteiger partial charge < -0.3 is 15.2 Å². The first-order valence-electron chi connectivity index (χ1n) is 5.09. The Morgan fingerprint density at radius 1 is 1.71 bits per heavy atom. The summed E-state index contributed by atoms with van der Waals surface area (Å²) in [6.45, 7) is 2.83. The Bertz CT molecular complexity index is 196. The van der Waals surface area contributed by atoms with E-state index in [4.69, 9.17) is 10.5 Å². The van der Waals surface area contributed by atoms with E-state index >= 15 is 0 Å². The van der Waals surface area contributed by atoms with Crippen LogP contribution in [0.3, 0.4) is 0 Å². The van der Waals surface area contributed by atoms with Gasteiger partial charge in [-0.25, -0.2) is 0 Å². The molecule has 82 valence electrons. The molecule has 3 atom stereocenters. The molecule has 3 unspecified atom stereocenters. The Balaban J connectivity index is 2.27. The molecule has 1 fully saturated rings. The summed E-state index contributed by atoms with van der Waals surface area (Å²) in [6, 6.07) is 0.0478. The van der Waals surface area contributed by atoms with Crippen LogP contribution in [0, 0.1) is 5.92 Å². The number of carbonyl (C=O) groups is 1. The standard InChI is InChI=1S/C10H19NO3/c1-7-8(5-6-14-7)9(11)3-4-10(12)13-2/h7-9H,3-6,11H2,1-2H3. The van der Waals surface area contributed by atoms with Crippen LogP contribution in [0.2, 0.25) is 0 Å². The second-order valence-electron chi connectivity index (χ2n) is 3.81. The highest BCUT2D eigenvalue weighted by Crippen LogP contribution is 2.24. The first kappa shape index (κ1) is 11.5. The molecule has 0 aromatic carbocycles. The number of nitrogens with two attached hydrogens (primary N) is 1. The first-order valence-corrected chi connectivity index (χ1v) is 5.09. The zero-order chi connectivity index (χ0) is 10.6. The summed E-state index contributed by atoms with van der Waals surface area (Å²) in [5, 5.41) is 0. The molecular weight excluding hydrogens is 182 g/mol. The first-order chi connectivity index (χ1) is 6.65. The Kier molecular flexibility index (Phi) is 4.35. The molecule has 1 rings (SSSR count). The van der Waals surface area contributed by atoms with Crippen molar-refractivity contribution in [2.24, 2.45) is 11.7 Å². The molecule has 1 heterocycles. The van der Waals surface area contributed by atoms with E-state index in [1.807, 2.05) is 6.92 Å². The maximum Gasteiger partial charge on any atom is 0.305 e. The van der Waals surface area contributed by atoms with Gasteiger partial charge in [-0.3, -0.25) is 4.79 Å². The minimum Gasteiger partial charge on any atom is -0.469 e. The van der Waals surface area contributed by atoms with Crippen molar-refractivity contribution in [3.63, 3.8) is 0 Å². The van der Waals surface area contributed by atoms with Crippen LogP contribution >= 0.6 is 0 Å². The van der Waals surface area contributed by atoms with Gasteiger partial charge >= 0.3 is 5.97 Å². The summed E-state index contributed by atoms with van der Waals surface area (Å²) in [7, 11) is 1.40. The second-order valence-corrected chi connectivity index (χ2v) is 3.81. The van der Waals surface area contributed by atoms with Crippen molar-refractivity contribution in [3.8, 4) is 0 Å². The predicted molar refractivity (Wildman–Crippen MR) is 52.7 cm³/mol. The predicted octanol–water partition coefficient (Wildman–Crippen LogP) is 0.692. The second kappa shape index (κ2) is 5.32. The van der Waals surface area contributed by atoms with Crippen LogP contribution in [0.4, 0.5) is 0 Å². The Morgan fingerprint density at radius 3 is 2.93 bits per heavy atom. The van der Waals surface area contributed by atoms with Crippen molar-refractivity contribution < 1.29 is 14.3 Å². The maximum atomic E-state index is 10.9. The molecule has 0 saturated carbocycles. The molecule has 0 aromatic rings. The van der Waals surface area contributed by atoms with Gasteiger partial charge in [0.05, 0.1) is 13.2 Å². The van der Waals surface area contributed by atoms with Crippen molar-refractivity contribution in [1.29, 1.82) is 0 Å². The van der Waals surface area contributed by atoms with Gasteiger partial charge in [0.25, 0.3) is 0 Å². The summed E-state index contributed by atoms with van der Waals surface area (Å²) in [4.78, 5) is 10.9. The molecule has 4 nitrogen and oxygen atoms in total. The molecule has 0 aromatic heterocycles. The lowest BCUT2D eigenvalue weighted by Gasteiger charge is -2.21. The number of methoxy groups -OCH3 is 1. The van der Waals surface area contributed by atoms with E-state index in [0.717, 1.165) is 13.0 Å². The number of carbonyl (C=O) groups excluding carboxylic acids is 1. The molecular formula is C10H19NO3. The molecule has 0 radical (unpaired) electrons. The quantitative estimate of drug-likeness (QED) is 0.680. The number of esters is 1. The molecule has 0 amide bonds. The lowest BCUT2D eigenvalue weighted by Crippen LogP contribution is -2.34. The van der Waals surface area contributed by atoms with Crippen LogP contribution in [0.5, 0.6) is 0 Å². The van der Waals surface area contributed by atoms with E-state index < -0.39 is 0 Å². The number of hydrogen-bond donors (Lipinski definition) is 1. The molecule has 0 aliphatic carbocycles. The lowest BCUT2D eigenvalue weighted by molar-refractivity contribution is -0.140. The van der Waals surface area contributed by atoms with Crippen molar-refractivity contribution in [2.45, 2.75) is 38.3 Å². The zero-order valence-corrected chi connectivity index (χ0v) is 8.86. The highest BCUT2D eigenvalue weighted by atomic mass is 16.5. The molecule has 14 heavy (non-hydrogen) atoms. The number of rotatable bonds is 4. The normalized spacial score (nSPS) is 28.8. The SMILES string of the molecule is COC(=O)CCC(N)C1CCOC1C.